The molecule has 0 aliphatic rings. The first-order valence-corrected chi connectivity index (χ1v) is 5.23. The third-order valence-corrected chi connectivity index (χ3v) is 2.65. The number of ether oxygens (including phenoxy) is 1. The Morgan fingerprint density at radius 2 is 1.72 bits per heavy atom. The summed E-state index contributed by atoms with van der Waals surface area (Å²) in [5, 5.41) is -1.20. The number of carbonyl (C=O) groups is 1. The molecule has 1 aromatic rings. The molecule has 0 saturated heterocycles. The molecule has 100 valence electrons. The van der Waals surface area contributed by atoms with Crippen LogP contribution in [-0.4, -0.2) is 19.3 Å². The van der Waals surface area contributed by atoms with Crippen molar-refractivity contribution in [1.29, 1.82) is 0 Å². The van der Waals surface area contributed by atoms with E-state index in [2.05, 4.69) is 4.74 Å². The van der Waals surface area contributed by atoms with Crippen LogP contribution in [0.5, 0.6) is 0 Å². The van der Waals surface area contributed by atoms with Crippen LogP contribution in [0.3, 0.4) is 0 Å². The summed E-state index contributed by atoms with van der Waals surface area (Å²) in [5.74, 6) is -5.13. The van der Waals surface area contributed by atoms with Crippen molar-refractivity contribution in [2.75, 3.05) is 7.11 Å². The van der Waals surface area contributed by atoms with Gasteiger partial charge in [0.25, 0.3) is 0 Å². The van der Waals surface area contributed by atoms with Gasteiger partial charge in [-0.2, -0.15) is 13.2 Å². The summed E-state index contributed by atoms with van der Waals surface area (Å²) in [7, 11) is 0.813. The van der Waals surface area contributed by atoms with Crippen LogP contribution in [0.2, 0.25) is 10.0 Å². The maximum Gasteiger partial charge on any atom is 0.406 e. The van der Waals surface area contributed by atoms with E-state index in [9.17, 15) is 22.4 Å². The standard InChI is InChI=1S/C10H6Cl2F4O2/c1-18-9(17)7(10(14,15)16)4-2-5(11)8(13)6(12)3-4/h2-3,7H,1H3. The molecule has 0 radical (unpaired) electrons. The Labute approximate surface area is 109 Å². The second-order valence-corrected chi connectivity index (χ2v) is 4.11. The Morgan fingerprint density at radius 1 is 1.28 bits per heavy atom. The Kier molecular flexibility index (Phi) is 4.45. The van der Waals surface area contributed by atoms with Crippen molar-refractivity contribution in [3.63, 3.8) is 0 Å². The van der Waals surface area contributed by atoms with Crippen molar-refractivity contribution in [2.45, 2.75) is 12.1 Å². The number of esters is 1. The summed E-state index contributed by atoms with van der Waals surface area (Å²) in [4.78, 5) is 11.1. The summed E-state index contributed by atoms with van der Waals surface area (Å²) in [6.45, 7) is 0. The number of rotatable bonds is 2. The largest absolute Gasteiger partial charge is 0.468 e. The van der Waals surface area contributed by atoms with E-state index in [4.69, 9.17) is 23.2 Å². The van der Waals surface area contributed by atoms with Crippen molar-refractivity contribution >= 4 is 29.2 Å². The van der Waals surface area contributed by atoms with E-state index in [1.165, 1.54) is 0 Å². The van der Waals surface area contributed by atoms with Gasteiger partial charge in [0.05, 0.1) is 17.2 Å². The average molecular weight is 305 g/mol. The maximum absolute atomic E-state index is 13.1. The predicted octanol–water partition coefficient (Wildman–Crippen LogP) is 3.95. The second-order valence-electron chi connectivity index (χ2n) is 3.30. The minimum atomic E-state index is -4.89. The van der Waals surface area contributed by atoms with Crippen LogP contribution in [0, 0.1) is 5.82 Å². The van der Waals surface area contributed by atoms with E-state index in [0.29, 0.717) is 12.1 Å². The van der Waals surface area contributed by atoms with E-state index in [0.717, 1.165) is 7.11 Å². The molecule has 0 fully saturated rings. The fourth-order valence-corrected chi connectivity index (χ4v) is 1.82. The minimum Gasteiger partial charge on any atom is -0.468 e. The normalized spacial score (nSPS) is 13.3. The summed E-state index contributed by atoms with van der Waals surface area (Å²) in [6.07, 6.45) is -4.89. The van der Waals surface area contributed by atoms with Gasteiger partial charge < -0.3 is 4.74 Å². The minimum absolute atomic E-state index is 0.578. The molecule has 0 spiro atoms. The SMILES string of the molecule is COC(=O)C(c1cc(Cl)c(F)c(Cl)c1)C(F)(F)F. The van der Waals surface area contributed by atoms with Crippen molar-refractivity contribution in [3.8, 4) is 0 Å². The molecular weight excluding hydrogens is 299 g/mol. The highest BCUT2D eigenvalue weighted by atomic mass is 35.5. The molecule has 0 N–H and O–H groups in total. The molecular formula is C10H6Cl2F4O2. The molecule has 0 bridgehead atoms. The lowest BCUT2D eigenvalue weighted by Gasteiger charge is -2.18. The van der Waals surface area contributed by atoms with Crippen molar-refractivity contribution in [1.82, 2.24) is 0 Å². The second kappa shape index (κ2) is 5.32. The molecule has 0 aromatic heterocycles. The molecule has 1 atom stereocenters. The molecule has 0 heterocycles. The molecule has 8 heteroatoms. The van der Waals surface area contributed by atoms with Crippen molar-refractivity contribution in [2.24, 2.45) is 0 Å². The number of halogens is 6. The van der Waals surface area contributed by atoms with Gasteiger partial charge in [-0.1, -0.05) is 23.2 Å². The fraction of sp³-hybridized carbons (Fsp3) is 0.300. The maximum atomic E-state index is 13.1. The van der Waals surface area contributed by atoms with Crippen LogP contribution in [0.4, 0.5) is 17.6 Å². The van der Waals surface area contributed by atoms with Gasteiger partial charge in [0, 0.05) is 0 Å². The highest BCUT2D eigenvalue weighted by Gasteiger charge is 2.47. The third-order valence-electron chi connectivity index (χ3n) is 2.10. The van der Waals surface area contributed by atoms with E-state index in [1.54, 1.807) is 0 Å². The van der Waals surface area contributed by atoms with E-state index < -0.39 is 39.5 Å². The summed E-state index contributed by atoms with van der Waals surface area (Å²) >= 11 is 10.8. The topological polar surface area (TPSA) is 26.3 Å². The zero-order valence-electron chi connectivity index (χ0n) is 8.82. The van der Waals surface area contributed by atoms with Crippen LogP contribution in [0.1, 0.15) is 11.5 Å². The molecule has 0 saturated carbocycles. The molecule has 0 aliphatic carbocycles. The van der Waals surface area contributed by atoms with Gasteiger partial charge in [0.15, 0.2) is 11.7 Å². The van der Waals surface area contributed by atoms with E-state index >= 15 is 0 Å². The number of methoxy groups -OCH3 is 1. The molecule has 0 amide bonds. The van der Waals surface area contributed by atoms with Crippen LogP contribution in [-0.2, 0) is 9.53 Å². The first-order valence-electron chi connectivity index (χ1n) is 4.47. The lowest BCUT2D eigenvalue weighted by Crippen LogP contribution is -2.29. The lowest BCUT2D eigenvalue weighted by atomic mass is 9.98. The first-order chi connectivity index (χ1) is 8.18. The lowest BCUT2D eigenvalue weighted by molar-refractivity contribution is -0.179. The van der Waals surface area contributed by atoms with E-state index in [1.807, 2.05) is 0 Å². The molecule has 1 aromatic carbocycles. The Balaban J connectivity index is 3.35. The van der Waals surface area contributed by atoms with Gasteiger partial charge >= 0.3 is 12.1 Å². The number of benzene rings is 1. The highest BCUT2D eigenvalue weighted by Crippen LogP contribution is 2.38. The monoisotopic (exact) mass is 304 g/mol. The van der Waals surface area contributed by atoms with Crippen LogP contribution in [0.25, 0.3) is 0 Å². The predicted molar refractivity (Wildman–Crippen MR) is 57.2 cm³/mol. The Bertz CT molecular complexity index is 450. The first kappa shape index (κ1) is 15.0. The fourth-order valence-electron chi connectivity index (χ4n) is 1.32. The zero-order chi connectivity index (χ0) is 14.1. The third kappa shape index (κ3) is 3.05. The van der Waals surface area contributed by atoms with Gasteiger partial charge in [0.1, 0.15) is 0 Å². The quantitative estimate of drug-likeness (QED) is 0.470. The average Bonchev–Trinajstić information content (AvgIpc) is 2.23. The summed E-state index contributed by atoms with van der Waals surface area (Å²) < 4.78 is 55.3. The molecule has 0 aliphatic heterocycles. The zero-order valence-corrected chi connectivity index (χ0v) is 10.3. The number of hydrogen-bond acceptors (Lipinski definition) is 2. The van der Waals surface area contributed by atoms with Gasteiger partial charge in [-0.3, -0.25) is 4.79 Å². The van der Waals surface area contributed by atoms with Gasteiger partial charge in [-0.15, -0.1) is 0 Å². The number of alkyl halides is 3. The van der Waals surface area contributed by atoms with Gasteiger partial charge in [-0.25, -0.2) is 4.39 Å². The van der Waals surface area contributed by atoms with Gasteiger partial charge in [0.2, 0.25) is 0 Å². The molecule has 18 heavy (non-hydrogen) atoms. The summed E-state index contributed by atoms with van der Waals surface area (Å²) in [6, 6.07) is 1.38. The van der Waals surface area contributed by atoms with Crippen molar-refractivity contribution < 1.29 is 27.1 Å². The van der Waals surface area contributed by atoms with Crippen LogP contribution >= 0.6 is 23.2 Å². The molecule has 1 rings (SSSR count). The van der Waals surface area contributed by atoms with Gasteiger partial charge in [-0.05, 0) is 17.7 Å². The molecule has 1 unspecified atom stereocenters. The number of hydrogen-bond donors (Lipinski definition) is 0. The molecule has 2 nitrogen and oxygen atoms in total. The summed E-state index contributed by atoms with van der Waals surface area (Å²) in [5.41, 5.74) is -0.578. The highest BCUT2D eigenvalue weighted by molar-refractivity contribution is 6.35. The van der Waals surface area contributed by atoms with Crippen molar-refractivity contribution in [3.05, 3.63) is 33.6 Å². The van der Waals surface area contributed by atoms with Crippen LogP contribution in [0.15, 0.2) is 12.1 Å². The number of carbonyl (C=O) groups excluding carboxylic acids is 1. The Hall–Kier alpha value is -1.01. The Morgan fingerprint density at radius 3 is 2.06 bits per heavy atom. The smallest absolute Gasteiger partial charge is 0.406 e. The van der Waals surface area contributed by atoms with E-state index in [-0.39, 0.29) is 0 Å². The van der Waals surface area contributed by atoms with Crippen LogP contribution < -0.4 is 0 Å².